The minimum absolute atomic E-state index is 0.0629. The molecule has 3 rings (SSSR count). The molecule has 7 nitrogen and oxygen atoms in total. The van der Waals surface area contributed by atoms with E-state index in [0.29, 0.717) is 29.6 Å². The second kappa shape index (κ2) is 8.80. The smallest absolute Gasteiger partial charge is 0.321 e. The van der Waals surface area contributed by atoms with Gasteiger partial charge in [-0.3, -0.25) is 4.79 Å². The number of anilines is 1. The zero-order valence-corrected chi connectivity index (χ0v) is 15.5. The third-order valence-electron chi connectivity index (χ3n) is 4.19. The highest BCUT2D eigenvalue weighted by Gasteiger charge is 2.17. The van der Waals surface area contributed by atoms with E-state index in [1.807, 2.05) is 24.3 Å². The molecule has 0 saturated carbocycles. The Morgan fingerprint density at radius 1 is 1.27 bits per heavy atom. The summed E-state index contributed by atoms with van der Waals surface area (Å²) in [7, 11) is 1.52. The van der Waals surface area contributed by atoms with Gasteiger partial charge in [0, 0.05) is 24.5 Å². The van der Waals surface area contributed by atoms with Gasteiger partial charge in [-0.15, -0.1) is 0 Å². The topological polar surface area (TPSA) is 80.2 Å². The van der Waals surface area contributed by atoms with Gasteiger partial charge in [-0.25, -0.2) is 0 Å². The Balaban J connectivity index is 1.56. The first-order chi connectivity index (χ1) is 12.6. The van der Waals surface area contributed by atoms with Crippen molar-refractivity contribution in [3.63, 3.8) is 0 Å². The summed E-state index contributed by atoms with van der Waals surface area (Å²) in [6.45, 7) is 2.10. The first-order valence-electron chi connectivity index (χ1n) is 8.69. The number of carbonyl (C=O) groups is 1. The monoisotopic (exact) mass is 375 g/mol. The van der Waals surface area contributed by atoms with Gasteiger partial charge >= 0.3 is 6.01 Å². The molecule has 1 aliphatic heterocycles. The minimum atomic E-state index is -0.0629. The van der Waals surface area contributed by atoms with E-state index in [1.165, 1.54) is 7.11 Å². The van der Waals surface area contributed by atoms with Crippen molar-refractivity contribution in [3.8, 4) is 6.01 Å². The molecule has 26 heavy (non-hydrogen) atoms. The Morgan fingerprint density at radius 2 is 2.08 bits per heavy atom. The minimum Gasteiger partial charge on any atom is -0.467 e. The Labute approximate surface area is 157 Å². The van der Waals surface area contributed by atoms with Crippen LogP contribution in [0.4, 0.5) is 5.95 Å². The number of nitrogens with zero attached hydrogens (tertiary/aromatic N) is 4. The van der Waals surface area contributed by atoms with Crippen LogP contribution in [0, 0.1) is 0 Å². The molecular formula is C18H22ClN5O2. The lowest BCUT2D eigenvalue weighted by Crippen LogP contribution is -2.26. The van der Waals surface area contributed by atoms with Crippen molar-refractivity contribution in [1.29, 1.82) is 0 Å². The number of hydrogen-bond donors (Lipinski definition) is 1. The summed E-state index contributed by atoms with van der Waals surface area (Å²) >= 11 is 5.96. The van der Waals surface area contributed by atoms with Crippen LogP contribution in [-0.2, 0) is 17.8 Å². The third-order valence-corrected chi connectivity index (χ3v) is 4.43. The zero-order chi connectivity index (χ0) is 18.4. The van der Waals surface area contributed by atoms with Crippen molar-refractivity contribution in [2.45, 2.75) is 32.2 Å². The average Bonchev–Trinajstić information content (AvgIpc) is 3.19. The van der Waals surface area contributed by atoms with Gasteiger partial charge in [0.1, 0.15) is 0 Å². The molecule has 0 atom stereocenters. The molecule has 1 aromatic carbocycles. The summed E-state index contributed by atoms with van der Waals surface area (Å²) in [6, 6.07) is 7.79. The fourth-order valence-corrected chi connectivity index (χ4v) is 3.04. The molecule has 1 aliphatic rings. The van der Waals surface area contributed by atoms with Crippen LogP contribution in [0.5, 0.6) is 6.01 Å². The number of carbonyl (C=O) groups excluding carboxylic acids is 1. The molecular weight excluding hydrogens is 354 g/mol. The van der Waals surface area contributed by atoms with Crippen molar-refractivity contribution in [1.82, 2.24) is 20.3 Å². The number of aromatic nitrogens is 3. The maximum atomic E-state index is 12.1. The van der Waals surface area contributed by atoms with Crippen molar-refractivity contribution in [2.75, 3.05) is 25.1 Å². The van der Waals surface area contributed by atoms with Crippen LogP contribution in [0.1, 0.15) is 30.7 Å². The predicted molar refractivity (Wildman–Crippen MR) is 99.4 cm³/mol. The summed E-state index contributed by atoms with van der Waals surface area (Å²) in [5.74, 6) is 1.04. The van der Waals surface area contributed by atoms with Crippen LogP contribution in [0.2, 0.25) is 5.02 Å². The van der Waals surface area contributed by atoms with E-state index in [-0.39, 0.29) is 18.5 Å². The van der Waals surface area contributed by atoms with Gasteiger partial charge in [-0.1, -0.05) is 23.7 Å². The lowest BCUT2D eigenvalue weighted by atomic mass is 10.1. The second-order valence-electron chi connectivity index (χ2n) is 6.14. The first-order valence-corrected chi connectivity index (χ1v) is 9.07. The van der Waals surface area contributed by atoms with Gasteiger partial charge < -0.3 is 15.0 Å². The molecule has 1 saturated heterocycles. The SMILES string of the molecule is COc1nc(CNC(=O)CCc2cccc(Cl)c2)nc(N2CCCC2)n1. The lowest BCUT2D eigenvalue weighted by molar-refractivity contribution is -0.121. The van der Waals surface area contributed by atoms with Crippen molar-refractivity contribution in [2.24, 2.45) is 0 Å². The van der Waals surface area contributed by atoms with Crippen LogP contribution in [-0.4, -0.2) is 41.1 Å². The van der Waals surface area contributed by atoms with E-state index < -0.39 is 0 Å². The number of amides is 1. The van der Waals surface area contributed by atoms with Crippen molar-refractivity contribution in [3.05, 3.63) is 40.7 Å². The fourth-order valence-electron chi connectivity index (χ4n) is 2.83. The zero-order valence-electron chi connectivity index (χ0n) is 14.7. The molecule has 0 unspecified atom stereocenters. The van der Waals surface area contributed by atoms with Crippen LogP contribution in [0.3, 0.4) is 0 Å². The maximum Gasteiger partial charge on any atom is 0.321 e. The van der Waals surface area contributed by atoms with Gasteiger partial charge in [-0.2, -0.15) is 15.0 Å². The van der Waals surface area contributed by atoms with E-state index in [1.54, 1.807) is 0 Å². The Kier molecular flexibility index (Phi) is 6.22. The molecule has 0 aliphatic carbocycles. The quantitative estimate of drug-likeness (QED) is 0.800. The standard InChI is InChI=1S/C18H22ClN5O2/c1-26-18-22-15(21-17(23-18)24-9-2-3-10-24)12-20-16(25)8-7-13-5-4-6-14(19)11-13/h4-6,11H,2-3,7-10,12H2,1H3,(H,20,25). The molecule has 1 aromatic heterocycles. The Bertz CT molecular complexity index is 765. The van der Waals surface area contributed by atoms with Gasteiger partial charge in [-0.05, 0) is 37.0 Å². The van der Waals surface area contributed by atoms with E-state index in [0.717, 1.165) is 31.5 Å². The van der Waals surface area contributed by atoms with E-state index in [4.69, 9.17) is 16.3 Å². The molecule has 0 radical (unpaired) electrons. The number of nitrogens with one attached hydrogen (secondary N) is 1. The molecule has 1 amide bonds. The van der Waals surface area contributed by atoms with Crippen molar-refractivity contribution < 1.29 is 9.53 Å². The van der Waals surface area contributed by atoms with Gasteiger partial charge in [0.15, 0.2) is 5.82 Å². The third kappa shape index (κ3) is 5.05. The summed E-state index contributed by atoms with van der Waals surface area (Å²) in [6.07, 6.45) is 3.26. The van der Waals surface area contributed by atoms with E-state index in [2.05, 4.69) is 25.2 Å². The average molecular weight is 376 g/mol. The number of halogens is 1. The van der Waals surface area contributed by atoms with Crippen molar-refractivity contribution >= 4 is 23.5 Å². The largest absolute Gasteiger partial charge is 0.467 e. The lowest BCUT2D eigenvalue weighted by Gasteiger charge is -2.16. The fraction of sp³-hybridized carbons (Fsp3) is 0.444. The van der Waals surface area contributed by atoms with Crippen LogP contribution < -0.4 is 15.0 Å². The molecule has 2 aromatic rings. The summed E-state index contributed by atoms with van der Waals surface area (Å²) in [4.78, 5) is 27.2. The highest BCUT2D eigenvalue weighted by molar-refractivity contribution is 6.30. The molecule has 8 heteroatoms. The highest BCUT2D eigenvalue weighted by Crippen LogP contribution is 2.17. The number of ether oxygens (including phenoxy) is 1. The maximum absolute atomic E-state index is 12.1. The first kappa shape index (κ1) is 18.4. The molecule has 0 spiro atoms. The van der Waals surface area contributed by atoms with E-state index >= 15 is 0 Å². The van der Waals surface area contributed by atoms with Gasteiger partial charge in [0.2, 0.25) is 11.9 Å². The number of aryl methyl sites for hydroxylation is 1. The number of hydrogen-bond acceptors (Lipinski definition) is 6. The molecule has 0 bridgehead atoms. The normalized spacial score (nSPS) is 13.7. The Hall–Kier alpha value is -2.41. The number of methoxy groups -OCH3 is 1. The number of benzene rings is 1. The van der Waals surface area contributed by atoms with E-state index in [9.17, 15) is 4.79 Å². The molecule has 1 fully saturated rings. The summed E-state index contributed by atoms with van der Waals surface area (Å²) in [5.41, 5.74) is 1.03. The number of rotatable bonds is 7. The molecule has 1 N–H and O–H groups in total. The Morgan fingerprint density at radius 3 is 2.81 bits per heavy atom. The van der Waals surface area contributed by atoms with Crippen LogP contribution in [0.25, 0.3) is 0 Å². The van der Waals surface area contributed by atoms with Gasteiger partial charge in [0.25, 0.3) is 0 Å². The van der Waals surface area contributed by atoms with Crippen LogP contribution >= 0.6 is 11.6 Å². The van der Waals surface area contributed by atoms with Gasteiger partial charge in [0.05, 0.1) is 13.7 Å². The predicted octanol–water partition coefficient (Wildman–Crippen LogP) is 2.38. The molecule has 138 valence electrons. The second-order valence-corrected chi connectivity index (χ2v) is 6.58. The summed E-state index contributed by atoms with van der Waals surface area (Å²) < 4.78 is 5.16. The molecule has 2 heterocycles. The van der Waals surface area contributed by atoms with Crippen LogP contribution in [0.15, 0.2) is 24.3 Å². The summed E-state index contributed by atoms with van der Waals surface area (Å²) in [5, 5.41) is 3.53. The highest BCUT2D eigenvalue weighted by atomic mass is 35.5.